The van der Waals surface area contributed by atoms with Gasteiger partial charge in [0.15, 0.2) is 0 Å². The van der Waals surface area contributed by atoms with Crippen molar-refractivity contribution in [2.24, 2.45) is 0 Å². The third-order valence-electron chi connectivity index (χ3n) is 2.49. The molecule has 2 nitrogen and oxygen atoms in total. The highest BCUT2D eigenvalue weighted by molar-refractivity contribution is 9.10. The van der Waals surface area contributed by atoms with Crippen molar-refractivity contribution in [2.75, 3.05) is 11.1 Å². The molecule has 0 spiro atoms. The molecule has 0 radical (unpaired) electrons. The Morgan fingerprint density at radius 1 is 1.22 bits per heavy atom. The molecule has 0 heterocycles. The summed E-state index contributed by atoms with van der Waals surface area (Å²) in [6.45, 7) is 0.558. The van der Waals surface area contributed by atoms with Crippen LogP contribution in [0.3, 0.4) is 0 Å². The molecule has 0 fully saturated rings. The first kappa shape index (κ1) is 13.2. The second-order valence-corrected chi connectivity index (χ2v) is 5.12. The standard InChI is InChI=1S/C13H11BrClFN2/c14-10-5-12(17)13(6-11(10)16)18-7-8-1-3-9(15)4-2-8/h1-6,18H,7,17H2. The van der Waals surface area contributed by atoms with Crippen molar-refractivity contribution in [2.45, 2.75) is 6.54 Å². The van der Waals surface area contributed by atoms with Crippen molar-refractivity contribution in [1.29, 1.82) is 0 Å². The second-order valence-electron chi connectivity index (χ2n) is 3.83. The lowest BCUT2D eigenvalue weighted by molar-refractivity contribution is 0.622. The van der Waals surface area contributed by atoms with E-state index >= 15 is 0 Å². The Labute approximate surface area is 118 Å². The molecular weight excluding hydrogens is 319 g/mol. The van der Waals surface area contributed by atoms with Crippen LogP contribution in [0.1, 0.15) is 5.56 Å². The molecule has 0 amide bonds. The van der Waals surface area contributed by atoms with Crippen molar-refractivity contribution in [3.8, 4) is 0 Å². The van der Waals surface area contributed by atoms with Crippen LogP contribution in [0.15, 0.2) is 40.9 Å². The number of nitrogens with two attached hydrogens (primary N) is 1. The Hall–Kier alpha value is -1.26. The summed E-state index contributed by atoms with van der Waals surface area (Å²) >= 11 is 8.88. The lowest BCUT2D eigenvalue weighted by atomic mass is 10.2. The summed E-state index contributed by atoms with van der Waals surface area (Å²) in [6.07, 6.45) is 0. The zero-order valence-corrected chi connectivity index (χ0v) is 11.7. The monoisotopic (exact) mass is 328 g/mol. The summed E-state index contributed by atoms with van der Waals surface area (Å²) in [5.41, 5.74) is 7.91. The summed E-state index contributed by atoms with van der Waals surface area (Å²) in [4.78, 5) is 0. The molecule has 18 heavy (non-hydrogen) atoms. The molecule has 0 aliphatic carbocycles. The van der Waals surface area contributed by atoms with Crippen LogP contribution in [0.2, 0.25) is 5.02 Å². The van der Waals surface area contributed by atoms with Crippen LogP contribution in [-0.4, -0.2) is 0 Å². The van der Waals surface area contributed by atoms with E-state index in [0.717, 1.165) is 5.56 Å². The predicted molar refractivity (Wildman–Crippen MR) is 77.3 cm³/mol. The molecular formula is C13H11BrClFN2. The van der Waals surface area contributed by atoms with Crippen molar-refractivity contribution in [1.82, 2.24) is 0 Å². The number of rotatable bonds is 3. The fraction of sp³-hybridized carbons (Fsp3) is 0.0769. The Morgan fingerprint density at radius 3 is 2.56 bits per heavy atom. The third kappa shape index (κ3) is 3.15. The van der Waals surface area contributed by atoms with Crippen LogP contribution in [0, 0.1) is 5.82 Å². The first-order chi connectivity index (χ1) is 8.56. The summed E-state index contributed by atoms with van der Waals surface area (Å²) < 4.78 is 13.7. The molecule has 0 bridgehead atoms. The van der Waals surface area contributed by atoms with Crippen LogP contribution >= 0.6 is 27.5 Å². The van der Waals surface area contributed by atoms with Crippen LogP contribution in [0.4, 0.5) is 15.8 Å². The minimum Gasteiger partial charge on any atom is -0.397 e. The Kier molecular flexibility index (Phi) is 4.09. The van der Waals surface area contributed by atoms with Gasteiger partial charge in [-0.2, -0.15) is 0 Å². The molecule has 3 N–H and O–H groups in total. The van der Waals surface area contributed by atoms with Crippen molar-refractivity contribution in [3.63, 3.8) is 0 Å². The summed E-state index contributed by atoms with van der Waals surface area (Å²) in [6, 6.07) is 10.3. The fourth-order valence-corrected chi connectivity index (χ4v) is 2.00. The van der Waals surface area contributed by atoms with Gasteiger partial charge in [0, 0.05) is 17.6 Å². The SMILES string of the molecule is Nc1cc(Br)c(F)cc1NCc1ccc(Cl)cc1. The highest BCUT2D eigenvalue weighted by atomic mass is 79.9. The Bertz CT molecular complexity index is 558. The van der Waals surface area contributed by atoms with E-state index in [-0.39, 0.29) is 5.82 Å². The van der Waals surface area contributed by atoms with Gasteiger partial charge in [-0.15, -0.1) is 0 Å². The number of nitrogen functional groups attached to an aromatic ring is 1. The molecule has 0 atom stereocenters. The predicted octanol–water partition coefficient (Wildman–Crippen LogP) is 4.44. The number of anilines is 2. The van der Waals surface area contributed by atoms with E-state index in [1.165, 1.54) is 6.07 Å². The van der Waals surface area contributed by atoms with Gasteiger partial charge >= 0.3 is 0 Å². The Balaban J connectivity index is 2.10. The second kappa shape index (κ2) is 5.59. The van der Waals surface area contributed by atoms with Crippen LogP contribution in [0.25, 0.3) is 0 Å². The zero-order chi connectivity index (χ0) is 13.1. The minimum atomic E-state index is -0.345. The van der Waals surface area contributed by atoms with E-state index in [0.29, 0.717) is 27.4 Å². The lowest BCUT2D eigenvalue weighted by Gasteiger charge is -2.10. The number of benzene rings is 2. The first-order valence-corrected chi connectivity index (χ1v) is 6.46. The molecule has 0 aromatic heterocycles. The Morgan fingerprint density at radius 2 is 1.89 bits per heavy atom. The molecule has 5 heteroatoms. The van der Waals surface area contributed by atoms with Gasteiger partial charge in [-0.1, -0.05) is 23.7 Å². The fourth-order valence-electron chi connectivity index (χ4n) is 1.51. The van der Waals surface area contributed by atoms with E-state index in [9.17, 15) is 4.39 Å². The van der Waals surface area contributed by atoms with Gasteiger partial charge in [-0.25, -0.2) is 4.39 Å². The summed E-state index contributed by atoms with van der Waals surface area (Å²) in [5.74, 6) is -0.345. The number of nitrogens with one attached hydrogen (secondary N) is 1. The highest BCUT2D eigenvalue weighted by Gasteiger charge is 2.05. The van der Waals surface area contributed by atoms with E-state index in [4.69, 9.17) is 17.3 Å². The van der Waals surface area contributed by atoms with Crippen LogP contribution in [0.5, 0.6) is 0 Å². The quantitative estimate of drug-likeness (QED) is 0.817. The molecule has 0 aliphatic rings. The van der Waals surface area contributed by atoms with Gasteiger partial charge in [0.25, 0.3) is 0 Å². The van der Waals surface area contributed by atoms with Gasteiger partial charge in [0.05, 0.1) is 15.8 Å². The average Bonchev–Trinajstić information content (AvgIpc) is 2.34. The molecule has 2 aromatic rings. The van der Waals surface area contributed by atoms with E-state index in [1.54, 1.807) is 6.07 Å². The maximum Gasteiger partial charge on any atom is 0.139 e. The van der Waals surface area contributed by atoms with E-state index in [2.05, 4.69) is 21.2 Å². The van der Waals surface area contributed by atoms with Gasteiger partial charge < -0.3 is 11.1 Å². The maximum atomic E-state index is 13.4. The van der Waals surface area contributed by atoms with E-state index < -0.39 is 0 Å². The average molecular weight is 330 g/mol. The molecule has 0 unspecified atom stereocenters. The molecule has 0 aliphatic heterocycles. The molecule has 94 valence electrons. The van der Waals surface area contributed by atoms with Crippen LogP contribution in [-0.2, 0) is 6.54 Å². The van der Waals surface area contributed by atoms with Crippen molar-refractivity contribution < 1.29 is 4.39 Å². The molecule has 2 aromatic carbocycles. The van der Waals surface area contributed by atoms with Crippen LogP contribution < -0.4 is 11.1 Å². The minimum absolute atomic E-state index is 0.345. The molecule has 0 saturated carbocycles. The number of hydrogen-bond donors (Lipinski definition) is 2. The van der Waals surface area contributed by atoms with Crippen molar-refractivity contribution in [3.05, 3.63) is 57.3 Å². The molecule has 2 rings (SSSR count). The maximum absolute atomic E-state index is 13.4. The molecule has 0 saturated heterocycles. The smallest absolute Gasteiger partial charge is 0.139 e. The summed E-state index contributed by atoms with van der Waals surface area (Å²) in [5, 5.41) is 3.78. The van der Waals surface area contributed by atoms with E-state index in [1.807, 2.05) is 24.3 Å². The highest BCUT2D eigenvalue weighted by Crippen LogP contribution is 2.26. The largest absolute Gasteiger partial charge is 0.397 e. The van der Waals surface area contributed by atoms with Gasteiger partial charge in [-0.05, 0) is 39.7 Å². The number of hydrogen-bond acceptors (Lipinski definition) is 2. The third-order valence-corrected chi connectivity index (χ3v) is 3.35. The number of halogens is 3. The van der Waals surface area contributed by atoms with Gasteiger partial charge in [0.2, 0.25) is 0 Å². The lowest BCUT2D eigenvalue weighted by Crippen LogP contribution is -2.03. The summed E-state index contributed by atoms with van der Waals surface area (Å²) in [7, 11) is 0. The van der Waals surface area contributed by atoms with Crippen molar-refractivity contribution >= 4 is 38.9 Å². The normalized spacial score (nSPS) is 10.4. The van der Waals surface area contributed by atoms with Gasteiger partial charge in [0.1, 0.15) is 5.82 Å². The topological polar surface area (TPSA) is 38.0 Å². The van der Waals surface area contributed by atoms with Gasteiger partial charge in [-0.3, -0.25) is 0 Å². The first-order valence-electron chi connectivity index (χ1n) is 5.29. The zero-order valence-electron chi connectivity index (χ0n) is 9.38.